The number of benzene rings is 2. The van der Waals surface area contributed by atoms with Crippen LogP contribution in [0.3, 0.4) is 0 Å². The molecular formula is C24H23ClFN5O. The fourth-order valence-corrected chi connectivity index (χ4v) is 4.08. The van der Waals surface area contributed by atoms with Crippen molar-refractivity contribution in [1.29, 1.82) is 0 Å². The van der Waals surface area contributed by atoms with Crippen LogP contribution in [-0.4, -0.2) is 45.7 Å². The molecule has 32 heavy (non-hydrogen) atoms. The summed E-state index contributed by atoms with van der Waals surface area (Å²) < 4.78 is 21.1. The van der Waals surface area contributed by atoms with Crippen LogP contribution in [0.4, 0.5) is 16.0 Å². The smallest absolute Gasteiger partial charge is 0.247 e. The van der Waals surface area contributed by atoms with Crippen LogP contribution in [0.25, 0.3) is 16.9 Å². The summed E-state index contributed by atoms with van der Waals surface area (Å²) in [5.41, 5.74) is 3.06. The van der Waals surface area contributed by atoms with E-state index in [0.29, 0.717) is 18.2 Å². The molecule has 3 heterocycles. The molecule has 6 nitrogen and oxygen atoms in total. The Morgan fingerprint density at radius 3 is 2.62 bits per heavy atom. The number of ether oxygens (including phenoxy) is 1. The van der Waals surface area contributed by atoms with Crippen molar-refractivity contribution >= 4 is 28.9 Å². The molecule has 0 saturated carbocycles. The monoisotopic (exact) mass is 451 g/mol. The van der Waals surface area contributed by atoms with Crippen molar-refractivity contribution in [2.75, 3.05) is 31.6 Å². The molecule has 0 radical (unpaired) electrons. The van der Waals surface area contributed by atoms with Crippen molar-refractivity contribution < 1.29 is 9.13 Å². The standard InChI is InChI=1S/C24H23ClFN5O/c25-20-16-17(6-11-21(20)26)22-4-3-5-23-28-24(29-31(22)23)27-18-7-9-19(10-8-18)32-15-14-30-12-1-2-13-30/h3-11,16H,1-2,12-15H2,(H,27,29). The molecular weight excluding hydrogens is 429 g/mol. The van der Waals surface area contributed by atoms with Gasteiger partial charge < -0.3 is 10.1 Å². The van der Waals surface area contributed by atoms with Gasteiger partial charge in [-0.1, -0.05) is 17.7 Å². The van der Waals surface area contributed by atoms with Crippen LogP contribution in [0.15, 0.2) is 60.7 Å². The van der Waals surface area contributed by atoms with E-state index in [-0.39, 0.29) is 5.02 Å². The Labute approximate surface area is 190 Å². The Bertz CT molecular complexity index is 1220. The van der Waals surface area contributed by atoms with Crippen LogP contribution in [-0.2, 0) is 0 Å². The van der Waals surface area contributed by atoms with Crippen molar-refractivity contribution in [2.24, 2.45) is 0 Å². The van der Waals surface area contributed by atoms with Gasteiger partial charge in [-0.15, -0.1) is 5.10 Å². The summed E-state index contributed by atoms with van der Waals surface area (Å²) in [5, 5.41) is 7.87. The lowest BCUT2D eigenvalue weighted by Crippen LogP contribution is -2.25. The van der Waals surface area contributed by atoms with E-state index in [1.54, 1.807) is 16.6 Å². The van der Waals surface area contributed by atoms with Crippen LogP contribution in [0.2, 0.25) is 5.02 Å². The molecule has 1 aliphatic heterocycles. The molecule has 0 unspecified atom stereocenters. The highest BCUT2D eigenvalue weighted by Crippen LogP contribution is 2.26. The SMILES string of the molecule is Fc1ccc(-c2cccc3nc(Nc4ccc(OCCN5CCCC5)cc4)nn23)cc1Cl. The highest BCUT2D eigenvalue weighted by molar-refractivity contribution is 6.31. The summed E-state index contributed by atoms with van der Waals surface area (Å²) in [6.07, 6.45) is 2.58. The zero-order chi connectivity index (χ0) is 21.9. The first-order chi connectivity index (χ1) is 15.7. The fraction of sp³-hybridized carbons (Fsp3) is 0.250. The Balaban J connectivity index is 1.28. The van der Waals surface area contributed by atoms with E-state index in [4.69, 9.17) is 16.3 Å². The highest BCUT2D eigenvalue weighted by atomic mass is 35.5. The maximum atomic E-state index is 13.6. The maximum Gasteiger partial charge on any atom is 0.247 e. The van der Waals surface area contributed by atoms with Gasteiger partial charge in [0, 0.05) is 17.8 Å². The van der Waals surface area contributed by atoms with Crippen molar-refractivity contribution in [3.05, 3.63) is 71.5 Å². The third-order valence-electron chi connectivity index (χ3n) is 5.56. The van der Waals surface area contributed by atoms with Crippen LogP contribution >= 0.6 is 11.6 Å². The quantitative estimate of drug-likeness (QED) is 0.407. The second-order valence-electron chi connectivity index (χ2n) is 7.79. The summed E-state index contributed by atoms with van der Waals surface area (Å²) in [5.74, 6) is 0.855. The van der Waals surface area contributed by atoms with E-state index >= 15 is 0 Å². The Morgan fingerprint density at radius 2 is 1.84 bits per heavy atom. The van der Waals surface area contributed by atoms with E-state index in [2.05, 4.69) is 20.3 Å². The van der Waals surface area contributed by atoms with E-state index in [9.17, 15) is 4.39 Å². The van der Waals surface area contributed by atoms with Gasteiger partial charge in [-0.25, -0.2) is 8.91 Å². The summed E-state index contributed by atoms with van der Waals surface area (Å²) >= 11 is 5.96. The number of pyridine rings is 1. The number of likely N-dealkylation sites (tertiary alicyclic amines) is 1. The molecule has 0 aliphatic carbocycles. The van der Waals surface area contributed by atoms with Crippen molar-refractivity contribution in [3.8, 4) is 17.0 Å². The van der Waals surface area contributed by atoms with Gasteiger partial charge in [-0.3, -0.25) is 4.90 Å². The topological polar surface area (TPSA) is 54.7 Å². The second kappa shape index (κ2) is 9.14. The molecule has 2 aromatic carbocycles. The molecule has 1 fully saturated rings. The number of nitrogens with zero attached hydrogens (tertiary/aromatic N) is 4. The van der Waals surface area contributed by atoms with Crippen molar-refractivity contribution in [2.45, 2.75) is 12.8 Å². The Kier molecular flexibility index (Phi) is 5.92. The molecule has 0 bridgehead atoms. The molecule has 0 amide bonds. The number of nitrogens with one attached hydrogen (secondary N) is 1. The lowest BCUT2D eigenvalue weighted by atomic mass is 10.1. The minimum Gasteiger partial charge on any atom is -0.492 e. The lowest BCUT2D eigenvalue weighted by molar-refractivity contribution is 0.238. The summed E-state index contributed by atoms with van der Waals surface area (Å²) in [6, 6.07) is 18.0. The molecule has 1 saturated heterocycles. The van der Waals surface area contributed by atoms with Gasteiger partial charge in [-0.2, -0.15) is 4.98 Å². The normalized spacial score (nSPS) is 14.2. The van der Waals surface area contributed by atoms with E-state index in [1.165, 1.54) is 32.0 Å². The maximum absolute atomic E-state index is 13.6. The van der Waals surface area contributed by atoms with E-state index in [0.717, 1.165) is 29.2 Å². The van der Waals surface area contributed by atoms with Gasteiger partial charge in [0.1, 0.15) is 18.2 Å². The minimum atomic E-state index is -0.452. The molecule has 164 valence electrons. The first-order valence-electron chi connectivity index (χ1n) is 10.7. The van der Waals surface area contributed by atoms with Gasteiger partial charge in [0.15, 0.2) is 5.65 Å². The van der Waals surface area contributed by atoms with Crippen LogP contribution in [0.5, 0.6) is 5.75 Å². The Morgan fingerprint density at radius 1 is 1.03 bits per heavy atom. The highest BCUT2D eigenvalue weighted by Gasteiger charge is 2.12. The number of fused-ring (bicyclic) bond motifs is 1. The Hall–Kier alpha value is -3.16. The second-order valence-corrected chi connectivity index (χ2v) is 8.20. The van der Waals surface area contributed by atoms with Gasteiger partial charge in [0.25, 0.3) is 0 Å². The number of halogens is 2. The van der Waals surface area contributed by atoms with Gasteiger partial charge in [0.2, 0.25) is 5.95 Å². The average Bonchev–Trinajstić information content (AvgIpc) is 3.46. The fourth-order valence-electron chi connectivity index (χ4n) is 3.89. The molecule has 4 aromatic rings. The first kappa shape index (κ1) is 20.7. The third kappa shape index (κ3) is 4.54. The zero-order valence-electron chi connectivity index (χ0n) is 17.5. The van der Waals surface area contributed by atoms with Gasteiger partial charge in [-0.05, 0) is 80.5 Å². The molecule has 1 N–H and O–H groups in total. The minimum absolute atomic E-state index is 0.0701. The predicted octanol–water partition coefficient (Wildman–Crippen LogP) is 5.41. The molecule has 0 atom stereocenters. The molecule has 2 aromatic heterocycles. The van der Waals surface area contributed by atoms with Gasteiger partial charge >= 0.3 is 0 Å². The number of rotatable bonds is 7. The zero-order valence-corrected chi connectivity index (χ0v) is 18.2. The number of anilines is 2. The molecule has 5 rings (SSSR count). The largest absolute Gasteiger partial charge is 0.492 e. The first-order valence-corrected chi connectivity index (χ1v) is 11.1. The molecule has 0 spiro atoms. The van der Waals surface area contributed by atoms with Gasteiger partial charge in [0.05, 0.1) is 10.7 Å². The molecule has 8 heteroatoms. The van der Waals surface area contributed by atoms with Crippen LogP contribution in [0.1, 0.15) is 12.8 Å². The summed E-state index contributed by atoms with van der Waals surface area (Å²) in [4.78, 5) is 6.98. The summed E-state index contributed by atoms with van der Waals surface area (Å²) in [7, 11) is 0. The lowest BCUT2D eigenvalue weighted by Gasteiger charge is -2.15. The molecule has 1 aliphatic rings. The van der Waals surface area contributed by atoms with E-state index in [1.807, 2.05) is 42.5 Å². The average molecular weight is 452 g/mol. The number of hydrogen-bond acceptors (Lipinski definition) is 5. The van der Waals surface area contributed by atoms with E-state index < -0.39 is 5.82 Å². The van der Waals surface area contributed by atoms with Crippen LogP contribution < -0.4 is 10.1 Å². The number of hydrogen-bond donors (Lipinski definition) is 1. The predicted molar refractivity (Wildman–Crippen MR) is 124 cm³/mol. The number of aromatic nitrogens is 3. The van der Waals surface area contributed by atoms with Crippen LogP contribution in [0, 0.1) is 5.82 Å². The van der Waals surface area contributed by atoms with Crippen molar-refractivity contribution in [3.63, 3.8) is 0 Å². The van der Waals surface area contributed by atoms with Crippen molar-refractivity contribution in [1.82, 2.24) is 19.5 Å². The third-order valence-corrected chi connectivity index (χ3v) is 5.85. The summed E-state index contributed by atoms with van der Waals surface area (Å²) in [6.45, 7) is 4.01.